The molecular weight excluding hydrogens is 400 g/mol. The van der Waals surface area contributed by atoms with E-state index < -0.39 is 12.0 Å². The molecule has 1 aromatic carbocycles. The maximum absolute atomic E-state index is 13.1. The molecule has 9 heteroatoms. The van der Waals surface area contributed by atoms with E-state index in [0.29, 0.717) is 24.4 Å². The van der Waals surface area contributed by atoms with Crippen LogP contribution in [0.25, 0.3) is 0 Å². The summed E-state index contributed by atoms with van der Waals surface area (Å²) < 4.78 is 4.85. The molecule has 1 aliphatic heterocycles. The number of benzene rings is 1. The Morgan fingerprint density at radius 2 is 2.32 bits per heavy atom. The van der Waals surface area contributed by atoms with Gasteiger partial charge in [0, 0.05) is 23.7 Å². The first-order valence-electron chi connectivity index (χ1n) is 8.96. The van der Waals surface area contributed by atoms with Gasteiger partial charge in [0.25, 0.3) is 0 Å². The molecule has 28 heavy (non-hydrogen) atoms. The third kappa shape index (κ3) is 4.44. The summed E-state index contributed by atoms with van der Waals surface area (Å²) in [6.45, 7) is 0.495. The van der Waals surface area contributed by atoms with E-state index in [1.54, 1.807) is 29.1 Å². The number of hydrogen-bond acceptors (Lipinski definition) is 5. The zero-order valence-corrected chi connectivity index (χ0v) is 17.3. The quantitative estimate of drug-likeness (QED) is 0.699. The van der Waals surface area contributed by atoms with Gasteiger partial charge in [-0.05, 0) is 36.1 Å². The van der Waals surface area contributed by atoms with Crippen LogP contribution in [0, 0.1) is 0 Å². The lowest BCUT2D eigenvalue weighted by Crippen LogP contribution is -2.51. The van der Waals surface area contributed by atoms with E-state index in [-0.39, 0.29) is 12.1 Å². The first-order valence-corrected chi connectivity index (χ1v) is 10.7. The molecule has 7 nitrogen and oxygen atoms in total. The Morgan fingerprint density at radius 3 is 3.04 bits per heavy atom. The van der Waals surface area contributed by atoms with E-state index in [2.05, 4.69) is 15.3 Å². The average Bonchev–Trinajstić information content (AvgIpc) is 3.18. The topological polar surface area (TPSA) is 87.3 Å². The lowest BCUT2D eigenvalue weighted by molar-refractivity contribution is -0.142. The van der Waals surface area contributed by atoms with E-state index in [0.717, 1.165) is 22.7 Å². The second kappa shape index (κ2) is 9.34. The largest absolute Gasteiger partial charge is 0.467 e. The minimum atomic E-state index is -0.689. The maximum Gasteiger partial charge on any atom is 0.328 e. The lowest BCUT2D eigenvalue weighted by atomic mass is 9.96. The van der Waals surface area contributed by atoms with Gasteiger partial charge in [-0.25, -0.2) is 14.6 Å². The van der Waals surface area contributed by atoms with Crippen LogP contribution in [0.15, 0.2) is 30.6 Å². The summed E-state index contributed by atoms with van der Waals surface area (Å²) >= 11 is 7.79. The molecule has 0 fully saturated rings. The van der Waals surface area contributed by atoms with Crippen molar-refractivity contribution in [1.29, 1.82) is 0 Å². The number of carbonyl (C=O) groups excluding carboxylic acids is 2. The Kier molecular flexibility index (Phi) is 6.85. The standard InChI is InChI=1S/C19H23ClN4O3S/c1-27-18(25)15(7-9-28-2)23-19(26)24-8-6-14-16(22-11-21-14)17(24)12-4-3-5-13(20)10-12/h3-5,10-11,15,17H,6-9H2,1-2H3,(H,21,22)(H,23,26)/t15-,17?/m0/s1. The third-order valence-corrected chi connectivity index (χ3v) is 5.62. The van der Waals surface area contributed by atoms with Crippen molar-refractivity contribution in [3.05, 3.63) is 52.6 Å². The van der Waals surface area contributed by atoms with Crippen LogP contribution in [0.5, 0.6) is 0 Å². The zero-order valence-electron chi connectivity index (χ0n) is 15.8. The average molecular weight is 423 g/mol. The number of amides is 2. The van der Waals surface area contributed by atoms with E-state index in [9.17, 15) is 9.59 Å². The highest BCUT2D eigenvalue weighted by Gasteiger charge is 2.35. The molecular formula is C19H23ClN4O3S. The van der Waals surface area contributed by atoms with E-state index in [4.69, 9.17) is 16.3 Å². The number of aromatic nitrogens is 2. The Labute approximate surface area is 173 Å². The van der Waals surface area contributed by atoms with Crippen LogP contribution in [0.1, 0.15) is 29.4 Å². The van der Waals surface area contributed by atoms with Gasteiger partial charge in [0.1, 0.15) is 12.1 Å². The van der Waals surface area contributed by atoms with Gasteiger partial charge in [0.15, 0.2) is 0 Å². The Hall–Kier alpha value is -2.19. The van der Waals surface area contributed by atoms with Crippen molar-refractivity contribution in [2.45, 2.75) is 24.9 Å². The van der Waals surface area contributed by atoms with Gasteiger partial charge in [-0.3, -0.25) is 0 Å². The fraction of sp³-hybridized carbons (Fsp3) is 0.421. The van der Waals surface area contributed by atoms with Crippen LogP contribution in [0.2, 0.25) is 5.02 Å². The number of nitrogens with one attached hydrogen (secondary N) is 2. The van der Waals surface area contributed by atoms with Gasteiger partial charge in [-0.2, -0.15) is 11.8 Å². The summed E-state index contributed by atoms with van der Waals surface area (Å²) in [5.41, 5.74) is 2.66. The Bertz CT molecular complexity index is 844. The van der Waals surface area contributed by atoms with Gasteiger partial charge in [0.05, 0.1) is 19.1 Å². The molecule has 0 saturated heterocycles. The second-order valence-corrected chi connectivity index (χ2v) is 7.90. The molecule has 2 amide bonds. The number of fused-ring (bicyclic) bond motifs is 1. The molecule has 3 rings (SSSR count). The van der Waals surface area contributed by atoms with Gasteiger partial charge < -0.3 is 19.9 Å². The molecule has 2 N–H and O–H groups in total. The zero-order chi connectivity index (χ0) is 20.1. The van der Waals surface area contributed by atoms with E-state index in [1.807, 2.05) is 24.5 Å². The maximum atomic E-state index is 13.1. The monoisotopic (exact) mass is 422 g/mol. The number of carbonyl (C=O) groups is 2. The molecule has 150 valence electrons. The molecule has 0 saturated carbocycles. The smallest absolute Gasteiger partial charge is 0.328 e. The van der Waals surface area contributed by atoms with Crippen molar-refractivity contribution in [3.8, 4) is 0 Å². The second-order valence-electron chi connectivity index (χ2n) is 6.47. The normalized spacial score (nSPS) is 17.0. The van der Waals surface area contributed by atoms with Crippen molar-refractivity contribution in [2.24, 2.45) is 0 Å². The Balaban J connectivity index is 1.88. The first kappa shape index (κ1) is 20.5. The van der Waals surface area contributed by atoms with Crippen LogP contribution < -0.4 is 5.32 Å². The number of halogens is 1. The van der Waals surface area contributed by atoms with Crippen molar-refractivity contribution in [2.75, 3.05) is 25.7 Å². The molecule has 0 bridgehead atoms. The summed E-state index contributed by atoms with van der Waals surface area (Å²) in [5, 5.41) is 3.43. The SMILES string of the molecule is COC(=O)[C@H](CCSC)NC(=O)N1CCc2[nH]cnc2C1c1cccc(Cl)c1. The number of esters is 1. The number of hydrogen-bond donors (Lipinski definition) is 2. The number of H-pyrrole nitrogens is 1. The Morgan fingerprint density at radius 1 is 1.50 bits per heavy atom. The summed E-state index contributed by atoms with van der Waals surface area (Å²) in [6, 6.07) is 6.01. The van der Waals surface area contributed by atoms with Crippen molar-refractivity contribution >= 4 is 35.4 Å². The summed E-state index contributed by atoms with van der Waals surface area (Å²) in [5.74, 6) is 0.292. The highest BCUT2D eigenvalue weighted by molar-refractivity contribution is 7.98. The fourth-order valence-electron chi connectivity index (χ4n) is 3.37. The van der Waals surface area contributed by atoms with Crippen molar-refractivity contribution in [1.82, 2.24) is 20.2 Å². The minimum Gasteiger partial charge on any atom is -0.467 e. The first-order chi connectivity index (χ1) is 13.5. The molecule has 1 aromatic heterocycles. The molecule has 2 aromatic rings. The molecule has 2 heterocycles. The number of imidazole rings is 1. The van der Waals surface area contributed by atoms with Crippen LogP contribution in [0.4, 0.5) is 4.79 Å². The minimum absolute atomic E-state index is 0.324. The number of aromatic amines is 1. The molecule has 1 aliphatic rings. The number of urea groups is 1. The van der Waals surface area contributed by atoms with Crippen LogP contribution in [0.3, 0.4) is 0 Å². The molecule has 2 atom stereocenters. The number of methoxy groups -OCH3 is 1. The summed E-state index contributed by atoms with van der Waals surface area (Å²) in [4.78, 5) is 34.5. The number of nitrogens with zero attached hydrogens (tertiary/aromatic N) is 2. The van der Waals surface area contributed by atoms with Crippen molar-refractivity contribution < 1.29 is 14.3 Å². The van der Waals surface area contributed by atoms with Gasteiger partial charge in [-0.15, -0.1) is 0 Å². The molecule has 0 radical (unpaired) electrons. The highest BCUT2D eigenvalue weighted by atomic mass is 35.5. The fourth-order valence-corrected chi connectivity index (χ4v) is 4.04. The number of thioether (sulfide) groups is 1. The van der Waals surface area contributed by atoms with E-state index >= 15 is 0 Å². The van der Waals surface area contributed by atoms with Gasteiger partial charge in [0.2, 0.25) is 0 Å². The van der Waals surface area contributed by atoms with Gasteiger partial charge in [-0.1, -0.05) is 23.7 Å². The van der Waals surface area contributed by atoms with Crippen LogP contribution in [-0.2, 0) is 16.0 Å². The molecule has 1 unspecified atom stereocenters. The summed E-state index contributed by atoms with van der Waals surface area (Å²) in [7, 11) is 1.33. The lowest BCUT2D eigenvalue weighted by Gasteiger charge is -2.36. The van der Waals surface area contributed by atoms with Crippen LogP contribution in [-0.4, -0.2) is 58.6 Å². The predicted octanol–water partition coefficient (Wildman–Crippen LogP) is 3.01. The van der Waals surface area contributed by atoms with Crippen LogP contribution >= 0.6 is 23.4 Å². The highest BCUT2D eigenvalue weighted by Crippen LogP contribution is 2.34. The van der Waals surface area contributed by atoms with Gasteiger partial charge >= 0.3 is 12.0 Å². The molecule has 0 aliphatic carbocycles. The summed E-state index contributed by atoms with van der Waals surface area (Å²) in [6.07, 6.45) is 4.75. The predicted molar refractivity (Wildman–Crippen MR) is 110 cm³/mol. The molecule has 0 spiro atoms. The number of rotatable bonds is 6. The van der Waals surface area contributed by atoms with E-state index in [1.165, 1.54) is 7.11 Å². The van der Waals surface area contributed by atoms with Crippen molar-refractivity contribution in [3.63, 3.8) is 0 Å². The third-order valence-electron chi connectivity index (χ3n) is 4.74. The number of ether oxygens (including phenoxy) is 1.